The third kappa shape index (κ3) is 5.56. The van der Waals surface area contributed by atoms with Gasteiger partial charge in [-0.15, -0.1) is 0 Å². The first-order valence-corrected chi connectivity index (χ1v) is 11.8. The predicted molar refractivity (Wildman–Crippen MR) is 128 cm³/mol. The molecule has 33 heavy (non-hydrogen) atoms. The highest BCUT2D eigenvalue weighted by Crippen LogP contribution is 2.40. The molecule has 0 spiro atoms. The molecule has 2 aromatic carbocycles. The van der Waals surface area contributed by atoms with Gasteiger partial charge in [-0.3, -0.25) is 9.59 Å². The van der Waals surface area contributed by atoms with Crippen LogP contribution >= 0.6 is 0 Å². The van der Waals surface area contributed by atoms with E-state index in [0.717, 1.165) is 24.8 Å². The van der Waals surface area contributed by atoms with Crippen molar-refractivity contribution in [1.29, 1.82) is 0 Å². The van der Waals surface area contributed by atoms with E-state index < -0.39 is 17.7 Å². The highest BCUT2D eigenvalue weighted by atomic mass is 16.5. The first kappa shape index (κ1) is 24.4. The minimum atomic E-state index is -0.667. The van der Waals surface area contributed by atoms with Crippen molar-refractivity contribution in [2.24, 2.45) is 0 Å². The maximum atomic E-state index is 13.0. The van der Waals surface area contributed by atoms with E-state index in [4.69, 9.17) is 9.47 Å². The van der Waals surface area contributed by atoms with Crippen molar-refractivity contribution in [3.05, 3.63) is 65.2 Å². The van der Waals surface area contributed by atoms with Gasteiger partial charge in [0.1, 0.15) is 17.3 Å². The third-order valence-electron chi connectivity index (χ3n) is 5.66. The molecular weight excluding hydrogens is 418 g/mol. The molecule has 2 aromatic rings. The number of hydrogen-bond donors (Lipinski definition) is 1. The van der Waals surface area contributed by atoms with Crippen LogP contribution in [0.25, 0.3) is 5.76 Å². The second-order valence-corrected chi connectivity index (χ2v) is 8.07. The molecule has 1 aliphatic heterocycles. The lowest BCUT2D eigenvalue weighted by Gasteiger charge is -2.25. The van der Waals surface area contributed by atoms with Crippen LogP contribution in [0.15, 0.2) is 54.1 Å². The molecule has 1 aliphatic rings. The number of amides is 1. The quantitative estimate of drug-likeness (QED) is 0.212. The summed E-state index contributed by atoms with van der Waals surface area (Å²) in [5, 5.41) is 11.1. The van der Waals surface area contributed by atoms with E-state index in [1.165, 1.54) is 4.90 Å². The van der Waals surface area contributed by atoms with Crippen LogP contribution in [0.1, 0.15) is 63.6 Å². The van der Waals surface area contributed by atoms with Crippen molar-refractivity contribution in [2.75, 3.05) is 19.8 Å². The third-order valence-corrected chi connectivity index (χ3v) is 5.66. The van der Waals surface area contributed by atoms with Gasteiger partial charge in [0.2, 0.25) is 0 Å². The minimum Gasteiger partial charge on any atom is -0.507 e. The molecule has 6 nitrogen and oxygen atoms in total. The van der Waals surface area contributed by atoms with Gasteiger partial charge in [0.05, 0.1) is 24.8 Å². The predicted octanol–water partition coefficient (Wildman–Crippen LogP) is 5.49. The highest BCUT2D eigenvalue weighted by Gasteiger charge is 2.45. The van der Waals surface area contributed by atoms with Gasteiger partial charge < -0.3 is 19.5 Å². The number of aliphatic hydroxyl groups is 1. The monoisotopic (exact) mass is 451 g/mol. The molecule has 1 fully saturated rings. The number of rotatable bonds is 11. The van der Waals surface area contributed by atoms with Crippen LogP contribution < -0.4 is 9.47 Å². The van der Waals surface area contributed by atoms with Crippen LogP contribution in [-0.2, 0) is 9.59 Å². The summed E-state index contributed by atoms with van der Waals surface area (Å²) in [5.41, 5.74) is 1.33. The minimum absolute atomic E-state index is 0.106. The van der Waals surface area contributed by atoms with E-state index >= 15 is 0 Å². The summed E-state index contributed by atoms with van der Waals surface area (Å²) in [6.45, 7) is 7.61. The van der Waals surface area contributed by atoms with Gasteiger partial charge in [-0.2, -0.15) is 0 Å². The van der Waals surface area contributed by atoms with Crippen molar-refractivity contribution in [1.82, 2.24) is 4.90 Å². The molecular formula is C27H33NO5. The second kappa shape index (κ2) is 11.5. The van der Waals surface area contributed by atoms with Crippen molar-refractivity contribution < 1.29 is 24.2 Å². The second-order valence-electron chi connectivity index (χ2n) is 8.07. The molecule has 1 heterocycles. The fourth-order valence-electron chi connectivity index (χ4n) is 4.02. The maximum Gasteiger partial charge on any atom is 0.295 e. The number of unbranched alkanes of at least 4 members (excludes halogenated alkanes) is 2. The van der Waals surface area contributed by atoms with Gasteiger partial charge in [0.15, 0.2) is 0 Å². The molecule has 0 aromatic heterocycles. The summed E-state index contributed by atoms with van der Waals surface area (Å²) in [5.74, 6) is -0.0170. The van der Waals surface area contributed by atoms with E-state index in [2.05, 4.69) is 6.92 Å². The zero-order chi connectivity index (χ0) is 23.8. The zero-order valence-corrected chi connectivity index (χ0v) is 19.7. The number of ether oxygens (including phenoxy) is 2. The van der Waals surface area contributed by atoms with Gasteiger partial charge in [-0.1, -0.05) is 38.8 Å². The molecule has 0 aliphatic carbocycles. The van der Waals surface area contributed by atoms with Crippen LogP contribution in [0.2, 0.25) is 0 Å². The van der Waals surface area contributed by atoms with Crippen molar-refractivity contribution in [2.45, 2.75) is 52.5 Å². The molecule has 0 saturated carbocycles. The number of benzene rings is 2. The van der Waals surface area contributed by atoms with E-state index in [1.54, 1.807) is 24.3 Å². The van der Waals surface area contributed by atoms with Crippen LogP contribution in [0.5, 0.6) is 11.5 Å². The number of nitrogens with zero attached hydrogens (tertiary/aromatic N) is 1. The Labute approximate surface area is 195 Å². The van der Waals surface area contributed by atoms with Crippen LogP contribution in [0, 0.1) is 0 Å². The first-order chi connectivity index (χ1) is 16.0. The smallest absolute Gasteiger partial charge is 0.295 e. The number of carbonyl (C=O) groups is 2. The van der Waals surface area contributed by atoms with E-state index in [9.17, 15) is 14.7 Å². The van der Waals surface area contributed by atoms with Gasteiger partial charge in [-0.05, 0) is 61.7 Å². The van der Waals surface area contributed by atoms with E-state index in [1.807, 2.05) is 38.1 Å². The Balaban J connectivity index is 1.94. The van der Waals surface area contributed by atoms with E-state index in [-0.39, 0.29) is 11.3 Å². The van der Waals surface area contributed by atoms with Gasteiger partial charge in [0, 0.05) is 12.1 Å². The Bertz CT molecular complexity index is 979. The van der Waals surface area contributed by atoms with Gasteiger partial charge >= 0.3 is 0 Å². The molecule has 0 radical (unpaired) electrons. The molecule has 1 amide bonds. The highest BCUT2D eigenvalue weighted by molar-refractivity contribution is 6.46. The number of aliphatic hydroxyl groups excluding tert-OH is 1. The standard InChI is InChI=1S/C27H33NO5/c1-4-7-8-18-33-22-15-11-20(12-16-22)25(29)23-24(28(17-5-2)27(31)26(23)30)19-9-13-21(14-10-19)32-6-3/h9-16,24,29H,4-8,17-18H2,1-3H3/b25-23-. The fraction of sp³-hybridized carbons (Fsp3) is 0.407. The van der Waals surface area contributed by atoms with E-state index in [0.29, 0.717) is 43.2 Å². The Kier molecular flexibility index (Phi) is 8.52. The molecule has 1 saturated heterocycles. The Hall–Kier alpha value is -3.28. The largest absolute Gasteiger partial charge is 0.507 e. The SMILES string of the molecule is CCCCCOc1ccc(/C(O)=C2/C(=O)C(=O)N(CCC)C2c2ccc(OCC)cc2)cc1. The Morgan fingerprint density at radius 3 is 2.12 bits per heavy atom. The molecule has 176 valence electrons. The first-order valence-electron chi connectivity index (χ1n) is 11.8. The normalized spacial score (nSPS) is 17.4. The lowest BCUT2D eigenvalue weighted by molar-refractivity contribution is -0.139. The average Bonchev–Trinajstić information content (AvgIpc) is 3.08. The van der Waals surface area contributed by atoms with Crippen LogP contribution in [-0.4, -0.2) is 41.5 Å². The van der Waals surface area contributed by atoms with Crippen molar-refractivity contribution >= 4 is 17.4 Å². The number of Topliss-reactive ketones (excluding diaryl/α,β-unsaturated/α-hetero) is 1. The number of ketones is 1. The van der Waals surface area contributed by atoms with Crippen LogP contribution in [0.4, 0.5) is 0 Å². The average molecular weight is 452 g/mol. The van der Waals surface area contributed by atoms with Crippen LogP contribution in [0.3, 0.4) is 0 Å². The lowest BCUT2D eigenvalue weighted by atomic mass is 9.95. The Morgan fingerprint density at radius 2 is 1.52 bits per heavy atom. The molecule has 1 N–H and O–H groups in total. The lowest BCUT2D eigenvalue weighted by Crippen LogP contribution is -2.30. The van der Waals surface area contributed by atoms with Gasteiger partial charge in [0.25, 0.3) is 11.7 Å². The molecule has 3 rings (SSSR count). The molecule has 1 atom stereocenters. The summed E-state index contributed by atoms with van der Waals surface area (Å²) in [6.07, 6.45) is 3.93. The number of carbonyl (C=O) groups excluding carboxylic acids is 2. The summed E-state index contributed by atoms with van der Waals surface area (Å²) in [4.78, 5) is 27.3. The molecule has 0 bridgehead atoms. The van der Waals surface area contributed by atoms with Crippen molar-refractivity contribution in [3.8, 4) is 11.5 Å². The number of likely N-dealkylation sites (tertiary alicyclic amines) is 1. The summed E-state index contributed by atoms with van der Waals surface area (Å²) >= 11 is 0. The zero-order valence-electron chi connectivity index (χ0n) is 19.7. The maximum absolute atomic E-state index is 13.0. The molecule has 1 unspecified atom stereocenters. The summed E-state index contributed by atoms with van der Waals surface area (Å²) < 4.78 is 11.3. The van der Waals surface area contributed by atoms with Crippen molar-refractivity contribution in [3.63, 3.8) is 0 Å². The van der Waals surface area contributed by atoms with Gasteiger partial charge in [-0.25, -0.2) is 0 Å². The topological polar surface area (TPSA) is 76.1 Å². The Morgan fingerprint density at radius 1 is 0.879 bits per heavy atom. The summed E-state index contributed by atoms with van der Waals surface area (Å²) in [6, 6.07) is 13.6. The summed E-state index contributed by atoms with van der Waals surface area (Å²) in [7, 11) is 0. The fourth-order valence-corrected chi connectivity index (χ4v) is 4.02. The molecule has 6 heteroatoms. The number of hydrogen-bond acceptors (Lipinski definition) is 5.